The van der Waals surface area contributed by atoms with Gasteiger partial charge in [-0.3, -0.25) is 9.59 Å². The van der Waals surface area contributed by atoms with Crippen molar-refractivity contribution < 1.29 is 27.5 Å². The highest BCUT2D eigenvalue weighted by Crippen LogP contribution is 2.19. The van der Waals surface area contributed by atoms with Gasteiger partial charge >= 0.3 is 0 Å². The first-order chi connectivity index (χ1) is 12.4. The molecule has 2 rings (SSSR count). The van der Waals surface area contributed by atoms with Gasteiger partial charge in [0.1, 0.15) is 5.75 Å². The SMILES string of the molecule is CCCOc1cccc(C(=O)NCC(=O)Nc2ccc(F)c(F)c2F)c1. The normalized spacial score (nSPS) is 10.3. The molecule has 0 saturated carbocycles. The Labute approximate surface area is 148 Å². The lowest BCUT2D eigenvalue weighted by Gasteiger charge is -2.09. The maximum atomic E-state index is 13.5. The molecule has 0 bridgehead atoms. The Morgan fingerprint density at radius 1 is 1.08 bits per heavy atom. The summed E-state index contributed by atoms with van der Waals surface area (Å²) < 4.78 is 44.9. The molecule has 2 aromatic carbocycles. The van der Waals surface area contributed by atoms with Crippen LogP contribution in [0.5, 0.6) is 5.75 Å². The molecule has 0 saturated heterocycles. The summed E-state index contributed by atoms with van der Waals surface area (Å²) in [6.07, 6.45) is 0.817. The van der Waals surface area contributed by atoms with Crippen LogP contribution in [0, 0.1) is 17.5 Å². The van der Waals surface area contributed by atoms with Crippen molar-refractivity contribution in [2.45, 2.75) is 13.3 Å². The smallest absolute Gasteiger partial charge is 0.251 e. The molecule has 0 radical (unpaired) electrons. The Bertz CT molecular complexity index is 812. The molecule has 2 aromatic rings. The van der Waals surface area contributed by atoms with Gasteiger partial charge in [-0.15, -0.1) is 0 Å². The minimum Gasteiger partial charge on any atom is -0.494 e. The predicted octanol–water partition coefficient (Wildman–Crippen LogP) is 3.26. The largest absolute Gasteiger partial charge is 0.494 e. The van der Waals surface area contributed by atoms with E-state index in [0.29, 0.717) is 18.4 Å². The third-order valence-corrected chi connectivity index (χ3v) is 3.29. The van der Waals surface area contributed by atoms with E-state index in [-0.39, 0.29) is 5.56 Å². The van der Waals surface area contributed by atoms with E-state index in [4.69, 9.17) is 4.74 Å². The van der Waals surface area contributed by atoms with Crippen LogP contribution in [-0.2, 0) is 4.79 Å². The van der Waals surface area contributed by atoms with E-state index in [1.165, 1.54) is 6.07 Å². The van der Waals surface area contributed by atoms with Crippen molar-refractivity contribution in [2.75, 3.05) is 18.5 Å². The first-order valence-electron chi connectivity index (χ1n) is 7.86. The number of anilines is 1. The molecule has 0 aliphatic heterocycles. The zero-order valence-corrected chi connectivity index (χ0v) is 13.9. The van der Waals surface area contributed by atoms with Crippen molar-refractivity contribution in [1.82, 2.24) is 5.32 Å². The van der Waals surface area contributed by atoms with Crippen LogP contribution >= 0.6 is 0 Å². The molecule has 0 unspecified atom stereocenters. The molecule has 8 heteroatoms. The van der Waals surface area contributed by atoms with Crippen LogP contribution in [0.2, 0.25) is 0 Å². The Hall–Kier alpha value is -3.03. The highest BCUT2D eigenvalue weighted by Gasteiger charge is 2.16. The average Bonchev–Trinajstić information content (AvgIpc) is 2.65. The Balaban J connectivity index is 1.93. The van der Waals surface area contributed by atoms with E-state index >= 15 is 0 Å². The Kier molecular flexibility index (Phi) is 6.60. The van der Waals surface area contributed by atoms with Crippen LogP contribution in [0.15, 0.2) is 36.4 Å². The van der Waals surface area contributed by atoms with E-state index in [0.717, 1.165) is 12.5 Å². The number of rotatable bonds is 7. The number of ether oxygens (including phenoxy) is 1. The van der Waals surface area contributed by atoms with Gasteiger partial charge in [-0.2, -0.15) is 0 Å². The number of carbonyl (C=O) groups excluding carboxylic acids is 2. The second kappa shape index (κ2) is 8.89. The van der Waals surface area contributed by atoms with Gasteiger partial charge in [0.05, 0.1) is 18.8 Å². The number of carbonyl (C=O) groups is 2. The summed E-state index contributed by atoms with van der Waals surface area (Å²) in [5, 5.41) is 4.42. The van der Waals surface area contributed by atoms with E-state index in [9.17, 15) is 22.8 Å². The second-order valence-corrected chi connectivity index (χ2v) is 5.33. The molecule has 2 N–H and O–H groups in total. The van der Waals surface area contributed by atoms with Gasteiger partial charge in [-0.1, -0.05) is 13.0 Å². The lowest BCUT2D eigenvalue weighted by atomic mass is 10.2. The van der Waals surface area contributed by atoms with Gasteiger partial charge < -0.3 is 15.4 Å². The molecule has 26 heavy (non-hydrogen) atoms. The Morgan fingerprint density at radius 2 is 1.85 bits per heavy atom. The molecule has 0 heterocycles. The fraction of sp³-hybridized carbons (Fsp3) is 0.222. The molecule has 0 spiro atoms. The summed E-state index contributed by atoms with van der Waals surface area (Å²) in [7, 11) is 0. The number of benzene rings is 2. The maximum absolute atomic E-state index is 13.5. The predicted molar refractivity (Wildman–Crippen MR) is 89.5 cm³/mol. The second-order valence-electron chi connectivity index (χ2n) is 5.33. The molecular formula is C18H17F3N2O3. The van der Waals surface area contributed by atoms with Gasteiger partial charge in [-0.25, -0.2) is 13.2 Å². The van der Waals surface area contributed by atoms with Crippen LogP contribution < -0.4 is 15.4 Å². The number of hydrogen-bond donors (Lipinski definition) is 2. The summed E-state index contributed by atoms with van der Waals surface area (Å²) in [5.74, 6) is -5.36. The molecule has 0 atom stereocenters. The quantitative estimate of drug-likeness (QED) is 0.739. The molecule has 0 aliphatic rings. The number of amides is 2. The summed E-state index contributed by atoms with van der Waals surface area (Å²) in [6.45, 7) is 1.98. The minimum absolute atomic E-state index is 0.283. The molecule has 5 nitrogen and oxygen atoms in total. The van der Waals surface area contributed by atoms with Crippen molar-refractivity contribution in [1.29, 1.82) is 0 Å². The van der Waals surface area contributed by atoms with Crippen molar-refractivity contribution in [3.63, 3.8) is 0 Å². The van der Waals surface area contributed by atoms with Crippen LogP contribution in [0.4, 0.5) is 18.9 Å². The third kappa shape index (κ3) is 4.98. The summed E-state index contributed by atoms with van der Waals surface area (Å²) in [5.41, 5.74) is -0.233. The van der Waals surface area contributed by atoms with E-state index in [1.807, 2.05) is 6.92 Å². The molecule has 0 fully saturated rings. The molecular weight excluding hydrogens is 349 g/mol. The van der Waals surface area contributed by atoms with Gasteiger partial charge in [0, 0.05) is 5.56 Å². The summed E-state index contributed by atoms with van der Waals surface area (Å²) >= 11 is 0. The standard InChI is InChI=1S/C18H17F3N2O3/c1-2-8-26-12-5-3-4-11(9-12)18(25)22-10-15(24)23-14-7-6-13(19)16(20)17(14)21/h3-7,9H,2,8,10H2,1H3,(H,22,25)(H,23,24). The van der Waals surface area contributed by atoms with E-state index in [1.54, 1.807) is 18.2 Å². The zero-order valence-electron chi connectivity index (χ0n) is 13.9. The highest BCUT2D eigenvalue weighted by atomic mass is 19.2. The number of halogens is 3. The van der Waals surface area contributed by atoms with Gasteiger partial charge in [-0.05, 0) is 36.8 Å². The third-order valence-electron chi connectivity index (χ3n) is 3.29. The topological polar surface area (TPSA) is 67.4 Å². The van der Waals surface area contributed by atoms with Crippen LogP contribution in [0.1, 0.15) is 23.7 Å². The van der Waals surface area contributed by atoms with E-state index < -0.39 is 41.5 Å². The fourth-order valence-corrected chi connectivity index (χ4v) is 2.03. The lowest BCUT2D eigenvalue weighted by Crippen LogP contribution is -2.33. The van der Waals surface area contributed by atoms with Gasteiger partial charge in [0.25, 0.3) is 5.91 Å². The van der Waals surface area contributed by atoms with Crippen LogP contribution in [0.25, 0.3) is 0 Å². The number of hydrogen-bond acceptors (Lipinski definition) is 3. The first-order valence-corrected chi connectivity index (χ1v) is 7.86. The number of nitrogens with one attached hydrogen (secondary N) is 2. The monoisotopic (exact) mass is 366 g/mol. The minimum atomic E-state index is -1.68. The van der Waals surface area contributed by atoms with Gasteiger partial charge in [0.15, 0.2) is 17.5 Å². The highest BCUT2D eigenvalue weighted by molar-refractivity contribution is 5.99. The Morgan fingerprint density at radius 3 is 2.58 bits per heavy atom. The molecule has 138 valence electrons. The molecule has 0 aliphatic carbocycles. The summed E-state index contributed by atoms with van der Waals surface area (Å²) in [4.78, 5) is 23.8. The fourth-order valence-electron chi connectivity index (χ4n) is 2.03. The summed E-state index contributed by atoms with van der Waals surface area (Å²) in [6, 6.07) is 7.98. The van der Waals surface area contributed by atoms with E-state index in [2.05, 4.69) is 10.6 Å². The van der Waals surface area contributed by atoms with Crippen molar-refractivity contribution >= 4 is 17.5 Å². The van der Waals surface area contributed by atoms with Crippen molar-refractivity contribution in [2.24, 2.45) is 0 Å². The lowest BCUT2D eigenvalue weighted by molar-refractivity contribution is -0.115. The zero-order chi connectivity index (χ0) is 19.1. The van der Waals surface area contributed by atoms with Crippen molar-refractivity contribution in [3.8, 4) is 5.75 Å². The molecule has 2 amide bonds. The van der Waals surface area contributed by atoms with Gasteiger partial charge in [0.2, 0.25) is 5.91 Å². The molecule has 0 aromatic heterocycles. The van der Waals surface area contributed by atoms with Crippen LogP contribution in [-0.4, -0.2) is 25.0 Å². The van der Waals surface area contributed by atoms with Crippen molar-refractivity contribution in [3.05, 3.63) is 59.4 Å². The first kappa shape index (κ1) is 19.3. The average molecular weight is 366 g/mol. The van der Waals surface area contributed by atoms with Crippen LogP contribution in [0.3, 0.4) is 0 Å². The maximum Gasteiger partial charge on any atom is 0.251 e.